The molecule has 0 fully saturated rings. The third kappa shape index (κ3) is 4.76. The number of hydrogen-bond acceptors (Lipinski definition) is 2. The molecule has 5 rings (SSSR count). The van der Waals surface area contributed by atoms with E-state index in [1.807, 2.05) is 60.7 Å². The van der Waals surface area contributed by atoms with Crippen LogP contribution in [0.3, 0.4) is 0 Å². The third-order valence-electron chi connectivity index (χ3n) is 6.83. The highest BCUT2D eigenvalue weighted by Crippen LogP contribution is 2.43. The first kappa shape index (κ1) is 23.4. The van der Waals surface area contributed by atoms with Crippen molar-refractivity contribution in [3.05, 3.63) is 144 Å². The highest BCUT2D eigenvalue weighted by atomic mass is 16.3. The number of phenols is 2. The van der Waals surface area contributed by atoms with Crippen LogP contribution in [0.15, 0.2) is 121 Å². The Hall–Kier alpha value is -4.30. The first-order valence-electron chi connectivity index (χ1n) is 12.4. The lowest BCUT2D eigenvalue weighted by Crippen LogP contribution is -2.05. The molecule has 0 aliphatic rings. The van der Waals surface area contributed by atoms with Gasteiger partial charge in [-0.25, -0.2) is 0 Å². The molecule has 2 nitrogen and oxygen atoms in total. The van der Waals surface area contributed by atoms with Gasteiger partial charge in [0.15, 0.2) is 0 Å². The van der Waals surface area contributed by atoms with Crippen molar-refractivity contribution < 1.29 is 10.2 Å². The molecule has 0 radical (unpaired) electrons. The lowest BCUT2D eigenvalue weighted by Gasteiger charge is -2.23. The quantitative estimate of drug-likeness (QED) is 0.244. The summed E-state index contributed by atoms with van der Waals surface area (Å²) in [6.07, 6.45) is 0. The van der Waals surface area contributed by atoms with E-state index in [0.717, 1.165) is 38.9 Å². The maximum atomic E-state index is 11.1. The van der Waals surface area contributed by atoms with E-state index in [1.54, 1.807) is 12.1 Å². The van der Waals surface area contributed by atoms with Gasteiger partial charge in [0, 0.05) is 17.0 Å². The van der Waals surface area contributed by atoms with Crippen LogP contribution in [0.4, 0.5) is 0 Å². The average Bonchev–Trinajstić information content (AvgIpc) is 2.92. The van der Waals surface area contributed by atoms with Gasteiger partial charge in [0.25, 0.3) is 0 Å². The molecule has 0 bridgehead atoms. The molecule has 2 N–H and O–H groups in total. The number of aromatic hydroxyl groups is 2. The summed E-state index contributed by atoms with van der Waals surface area (Å²) in [5, 5.41) is 22.2. The van der Waals surface area contributed by atoms with E-state index < -0.39 is 0 Å². The predicted molar refractivity (Wildman–Crippen MR) is 149 cm³/mol. The van der Waals surface area contributed by atoms with Crippen molar-refractivity contribution in [2.45, 2.75) is 25.7 Å². The molecule has 5 aromatic rings. The minimum atomic E-state index is -0.349. The molecule has 5 aromatic carbocycles. The van der Waals surface area contributed by atoms with Crippen LogP contribution >= 0.6 is 0 Å². The van der Waals surface area contributed by atoms with Gasteiger partial charge >= 0.3 is 0 Å². The van der Waals surface area contributed by atoms with Crippen LogP contribution in [-0.2, 0) is 0 Å². The number of phenolic OH excluding ortho intramolecular Hbond substituents is 2. The predicted octanol–water partition coefficient (Wildman–Crippen LogP) is 8.74. The summed E-state index contributed by atoms with van der Waals surface area (Å²) in [7, 11) is 0. The van der Waals surface area contributed by atoms with Gasteiger partial charge in [-0.3, -0.25) is 0 Å². The second-order valence-corrected chi connectivity index (χ2v) is 9.53. The van der Waals surface area contributed by atoms with Gasteiger partial charge in [-0.05, 0) is 63.6 Å². The van der Waals surface area contributed by atoms with E-state index in [-0.39, 0.29) is 17.4 Å². The van der Waals surface area contributed by atoms with Crippen LogP contribution in [0.2, 0.25) is 0 Å². The maximum Gasteiger partial charge on any atom is 0.119 e. The molecule has 0 unspecified atom stereocenters. The zero-order valence-electron chi connectivity index (χ0n) is 20.6. The van der Waals surface area contributed by atoms with E-state index in [2.05, 4.69) is 62.4 Å². The van der Waals surface area contributed by atoms with Gasteiger partial charge in [-0.15, -0.1) is 0 Å². The van der Waals surface area contributed by atoms with Gasteiger partial charge in [0.1, 0.15) is 11.5 Å². The molecule has 0 saturated heterocycles. The van der Waals surface area contributed by atoms with Crippen LogP contribution < -0.4 is 0 Å². The highest BCUT2D eigenvalue weighted by Gasteiger charge is 2.24. The summed E-state index contributed by atoms with van der Waals surface area (Å²) in [4.78, 5) is 0. The van der Waals surface area contributed by atoms with E-state index in [0.29, 0.717) is 5.92 Å². The zero-order chi connectivity index (χ0) is 25.1. The van der Waals surface area contributed by atoms with Crippen LogP contribution in [0.5, 0.6) is 11.5 Å². The largest absolute Gasteiger partial charge is 0.508 e. The Morgan fingerprint density at radius 3 is 1.28 bits per heavy atom. The first-order chi connectivity index (χ1) is 17.5. The van der Waals surface area contributed by atoms with Crippen molar-refractivity contribution in [3.63, 3.8) is 0 Å². The van der Waals surface area contributed by atoms with Crippen LogP contribution in [0.1, 0.15) is 47.9 Å². The summed E-state index contributed by atoms with van der Waals surface area (Å²) in [5.74, 6) is 0.481. The number of rotatable bonds is 6. The first-order valence-corrected chi connectivity index (χ1v) is 12.4. The van der Waals surface area contributed by atoms with Gasteiger partial charge in [0.05, 0.1) is 0 Å². The van der Waals surface area contributed by atoms with Gasteiger partial charge in [-0.2, -0.15) is 0 Å². The van der Waals surface area contributed by atoms with Crippen molar-refractivity contribution in [3.8, 4) is 33.8 Å². The van der Waals surface area contributed by atoms with Crippen molar-refractivity contribution in [1.82, 2.24) is 0 Å². The smallest absolute Gasteiger partial charge is 0.119 e. The van der Waals surface area contributed by atoms with Crippen LogP contribution in [-0.4, -0.2) is 10.2 Å². The Balaban J connectivity index is 1.71. The fourth-order valence-corrected chi connectivity index (χ4v) is 4.79. The van der Waals surface area contributed by atoms with E-state index >= 15 is 0 Å². The zero-order valence-corrected chi connectivity index (χ0v) is 20.6. The van der Waals surface area contributed by atoms with Crippen molar-refractivity contribution >= 4 is 0 Å². The second kappa shape index (κ2) is 10.1. The third-order valence-corrected chi connectivity index (χ3v) is 6.83. The summed E-state index contributed by atoms with van der Waals surface area (Å²) >= 11 is 0. The number of benzene rings is 5. The minimum Gasteiger partial charge on any atom is -0.508 e. The van der Waals surface area contributed by atoms with Gasteiger partial charge in [0.2, 0.25) is 0 Å². The topological polar surface area (TPSA) is 40.5 Å². The summed E-state index contributed by atoms with van der Waals surface area (Å²) < 4.78 is 0. The van der Waals surface area contributed by atoms with Crippen molar-refractivity contribution in [2.75, 3.05) is 0 Å². The lowest BCUT2D eigenvalue weighted by molar-refractivity contribution is 0.459. The molecule has 36 heavy (non-hydrogen) atoms. The molecular weight excluding hydrogens is 440 g/mol. The monoisotopic (exact) mass is 470 g/mol. The van der Waals surface area contributed by atoms with Gasteiger partial charge in [-0.1, -0.05) is 111 Å². The Labute approximate surface area is 213 Å². The lowest BCUT2D eigenvalue weighted by atomic mass is 9.81. The Kier molecular flexibility index (Phi) is 6.60. The highest BCUT2D eigenvalue weighted by molar-refractivity contribution is 5.70. The van der Waals surface area contributed by atoms with E-state index in [4.69, 9.17) is 0 Å². The van der Waals surface area contributed by atoms with E-state index in [1.165, 1.54) is 5.56 Å². The summed E-state index contributed by atoms with van der Waals surface area (Å²) in [5.41, 5.74) is 7.98. The molecule has 0 atom stereocenters. The minimum absolute atomic E-state index is 0.206. The molecule has 0 aliphatic heterocycles. The SMILES string of the molecule is CC(C)c1ccc(C(c2cc(-c3ccccc3)ccc2O)c2cc(-c3ccccc3)ccc2O)cc1. The molecule has 0 spiro atoms. The summed E-state index contributed by atoms with van der Waals surface area (Å²) in [6.45, 7) is 4.35. The van der Waals surface area contributed by atoms with Crippen LogP contribution in [0.25, 0.3) is 22.3 Å². The van der Waals surface area contributed by atoms with Crippen molar-refractivity contribution in [1.29, 1.82) is 0 Å². The van der Waals surface area contributed by atoms with E-state index in [9.17, 15) is 10.2 Å². The summed E-state index contributed by atoms with van der Waals surface area (Å²) in [6, 6.07) is 40.3. The normalized spacial score (nSPS) is 11.2. The standard InChI is InChI=1S/C34H30O2/c1-23(2)24-13-15-27(16-14-24)34(30-21-28(17-19-32(30)35)25-9-5-3-6-10-25)31-22-29(18-20-33(31)36)26-11-7-4-8-12-26/h3-23,34-36H,1-2H3. The molecular formula is C34H30O2. The average molecular weight is 471 g/mol. The molecule has 0 saturated carbocycles. The Morgan fingerprint density at radius 2 is 0.861 bits per heavy atom. The molecule has 178 valence electrons. The second-order valence-electron chi connectivity index (χ2n) is 9.53. The fraction of sp³-hybridized carbons (Fsp3) is 0.118. The Morgan fingerprint density at radius 1 is 0.444 bits per heavy atom. The molecule has 2 heteroatoms. The van der Waals surface area contributed by atoms with Crippen molar-refractivity contribution in [2.24, 2.45) is 0 Å². The van der Waals surface area contributed by atoms with Crippen LogP contribution in [0, 0.1) is 0 Å². The maximum absolute atomic E-state index is 11.1. The van der Waals surface area contributed by atoms with Gasteiger partial charge < -0.3 is 10.2 Å². The molecule has 0 aliphatic carbocycles. The Bertz CT molecular complexity index is 1360. The fourth-order valence-electron chi connectivity index (χ4n) is 4.79. The molecule has 0 aromatic heterocycles. The molecule has 0 amide bonds. The number of hydrogen-bond donors (Lipinski definition) is 2. The molecule has 0 heterocycles.